The molecule has 0 atom stereocenters. The molecule has 5 N–H and O–H groups in total. The van der Waals surface area contributed by atoms with Gasteiger partial charge in [0.1, 0.15) is 11.6 Å². The van der Waals surface area contributed by atoms with Crippen molar-refractivity contribution in [2.45, 2.75) is 24.3 Å². The number of sulfonamides is 1. The topological polar surface area (TPSA) is 142 Å². The van der Waals surface area contributed by atoms with Gasteiger partial charge in [-0.25, -0.2) is 22.0 Å². The molecule has 2 amide bonds. The number of benzene rings is 2. The van der Waals surface area contributed by atoms with Crippen molar-refractivity contribution >= 4 is 28.2 Å². The molecule has 1 aliphatic rings. The van der Waals surface area contributed by atoms with Gasteiger partial charge in [-0.1, -0.05) is 0 Å². The predicted molar refractivity (Wildman–Crippen MR) is 118 cm³/mol. The molecule has 1 heterocycles. The van der Waals surface area contributed by atoms with Crippen LogP contribution in [0.4, 0.5) is 19.3 Å². The van der Waals surface area contributed by atoms with Gasteiger partial charge in [0, 0.05) is 30.9 Å². The van der Waals surface area contributed by atoms with E-state index in [1.165, 1.54) is 28.6 Å². The molecular formula is C21H26F2N4O5S. The van der Waals surface area contributed by atoms with E-state index in [0.29, 0.717) is 31.2 Å². The summed E-state index contributed by atoms with van der Waals surface area (Å²) < 4.78 is 53.7. The predicted octanol–water partition coefficient (Wildman–Crippen LogP) is 2.35. The van der Waals surface area contributed by atoms with Crippen LogP contribution in [0.2, 0.25) is 0 Å². The minimum absolute atomic E-state index is 0.0185. The molecule has 0 saturated carbocycles. The van der Waals surface area contributed by atoms with Crippen LogP contribution >= 0.6 is 0 Å². The molecule has 180 valence electrons. The maximum absolute atomic E-state index is 13.6. The second-order valence-corrected chi connectivity index (χ2v) is 9.19. The molecule has 2 aromatic rings. The lowest BCUT2D eigenvalue weighted by atomic mass is 9.99. The number of hydrogen-bond acceptors (Lipinski definition) is 5. The minimum atomic E-state index is -3.61. The monoisotopic (exact) mass is 484 g/mol. The fourth-order valence-electron chi connectivity index (χ4n) is 3.27. The summed E-state index contributed by atoms with van der Waals surface area (Å²) in [7, 11) is -3.61. The first-order valence-electron chi connectivity index (χ1n) is 10.1. The molecule has 0 unspecified atom stereocenters. The van der Waals surface area contributed by atoms with Gasteiger partial charge in [0.05, 0.1) is 4.90 Å². The average molecular weight is 485 g/mol. The summed E-state index contributed by atoms with van der Waals surface area (Å²) in [6, 6.07) is 8.16. The summed E-state index contributed by atoms with van der Waals surface area (Å²) >= 11 is 0. The molecule has 2 aromatic carbocycles. The van der Waals surface area contributed by atoms with Gasteiger partial charge in [-0.2, -0.15) is 4.31 Å². The molecule has 3 rings (SSSR count). The van der Waals surface area contributed by atoms with Gasteiger partial charge in [0.2, 0.25) is 10.0 Å². The van der Waals surface area contributed by atoms with Crippen molar-refractivity contribution in [3.8, 4) is 0 Å². The molecule has 0 spiro atoms. The third kappa shape index (κ3) is 7.48. The van der Waals surface area contributed by atoms with Gasteiger partial charge >= 0.3 is 6.03 Å². The van der Waals surface area contributed by atoms with E-state index in [4.69, 9.17) is 15.6 Å². The van der Waals surface area contributed by atoms with Gasteiger partial charge in [0.25, 0.3) is 6.47 Å². The van der Waals surface area contributed by atoms with Crippen LogP contribution in [0.15, 0.2) is 47.4 Å². The van der Waals surface area contributed by atoms with E-state index in [1.807, 2.05) is 0 Å². The summed E-state index contributed by atoms with van der Waals surface area (Å²) in [5.41, 5.74) is 6.04. The zero-order valence-corrected chi connectivity index (χ0v) is 18.5. The molecule has 0 radical (unpaired) electrons. The quantitative estimate of drug-likeness (QED) is 0.464. The van der Waals surface area contributed by atoms with Crippen LogP contribution in [0.1, 0.15) is 18.4 Å². The zero-order chi connectivity index (χ0) is 24.4. The molecule has 0 aromatic heterocycles. The lowest BCUT2D eigenvalue weighted by Gasteiger charge is -2.30. The lowest BCUT2D eigenvalue weighted by molar-refractivity contribution is -0.122. The van der Waals surface area contributed by atoms with Crippen molar-refractivity contribution in [2.24, 2.45) is 11.7 Å². The molecule has 33 heavy (non-hydrogen) atoms. The van der Waals surface area contributed by atoms with Crippen molar-refractivity contribution in [3.63, 3.8) is 0 Å². The van der Waals surface area contributed by atoms with Gasteiger partial charge in [-0.3, -0.25) is 4.79 Å². The number of nitrogens with two attached hydrogens (primary N) is 1. The van der Waals surface area contributed by atoms with Crippen molar-refractivity contribution in [2.75, 3.05) is 25.0 Å². The summed E-state index contributed by atoms with van der Waals surface area (Å²) in [6.07, 6.45) is 1.48. The van der Waals surface area contributed by atoms with E-state index in [2.05, 4.69) is 10.6 Å². The number of urea groups is 1. The second kappa shape index (κ2) is 12.2. The van der Waals surface area contributed by atoms with Gasteiger partial charge in [-0.05, 0) is 67.8 Å². The smallest absolute Gasteiger partial charge is 0.319 e. The largest absolute Gasteiger partial charge is 0.483 e. The highest BCUT2D eigenvalue weighted by Gasteiger charge is 2.28. The van der Waals surface area contributed by atoms with Crippen LogP contribution in [0.5, 0.6) is 0 Å². The van der Waals surface area contributed by atoms with E-state index in [1.54, 1.807) is 0 Å². The minimum Gasteiger partial charge on any atom is -0.483 e. The first-order valence-corrected chi connectivity index (χ1v) is 11.5. The number of nitrogens with zero attached hydrogens (tertiary/aromatic N) is 1. The Hall–Kier alpha value is -3.09. The maximum atomic E-state index is 13.6. The van der Waals surface area contributed by atoms with Crippen LogP contribution in [0.25, 0.3) is 0 Å². The number of amides is 2. The Kier molecular flexibility index (Phi) is 9.70. The first-order chi connectivity index (χ1) is 15.7. The Morgan fingerprint density at radius 2 is 1.76 bits per heavy atom. The molecule has 1 aliphatic heterocycles. The molecular weight excluding hydrogens is 458 g/mol. The Balaban J connectivity index is 0.00000122. The van der Waals surface area contributed by atoms with Crippen LogP contribution in [-0.4, -0.2) is 50.0 Å². The van der Waals surface area contributed by atoms with E-state index in [-0.39, 0.29) is 23.5 Å². The number of carbonyl (C=O) groups is 2. The highest BCUT2D eigenvalue weighted by Crippen LogP contribution is 2.24. The number of anilines is 1. The molecule has 1 saturated heterocycles. The lowest BCUT2D eigenvalue weighted by Crippen LogP contribution is -2.40. The van der Waals surface area contributed by atoms with E-state index < -0.39 is 27.7 Å². The first kappa shape index (κ1) is 26.2. The summed E-state index contributed by atoms with van der Waals surface area (Å²) in [6.45, 7) is 0.981. The number of rotatable bonds is 6. The molecule has 12 heteroatoms. The maximum Gasteiger partial charge on any atom is 0.319 e. The highest BCUT2D eigenvalue weighted by atomic mass is 32.2. The number of piperidine rings is 1. The summed E-state index contributed by atoms with van der Waals surface area (Å²) in [4.78, 5) is 20.5. The molecule has 9 nitrogen and oxygen atoms in total. The number of halogens is 2. The van der Waals surface area contributed by atoms with Crippen molar-refractivity contribution in [1.82, 2.24) is 9.62 Å². The number of nitrogens with one attached hydrogen (secondary N) is 2. The number of hydrogen-bond donors (Lipinski definition) is 4. The van der Waals surface area contributed by atoms with Crippen molar-refractivity contribution in [3.05, 3.63) is 59.7 Å². The highest BCUT2D eigenvalue weighted by molar-refractivity contribution is 7.89. The standard InChI is InChI=1S/C20H24F2N4O3S.CH2O2/c21-16-1-6-19(22)15(11-16)13-24-20(27)25-17-2-4-18(5-3-17)30(28,29)26-9-7-14(12-23)8-10-26;2-1-3/h1-6,11,14H,7-10,12-13,23H2,(H2,24,25,27);1H,(H,2,3). The summed E-state index contributed by atoms with van der Waals surface area (Å²) in [5.74, 6) is -0.873. The summed E-state index contributed by atoms with van der Waals surface area (Å²) in [5, 5.41) is 11.8. The number of carbonyl (C=O) groups excluding carboxylic acids is 1. The van der Waals surface area contributed by atoms with E-state index in [0.717, 1.165) is 31.0 Å². The normalized spacial score (nSPS) is 14.6. The van der Waals surface area contributed by atoms with Crippen LogP contribution in [0.3, 0.4) is 0 Å². The fourth-order valence-corrected chi connectivity index (χ4v) is 4.74. The third-order valence-corrected chi connectivity index (χ3v) is 7.02. The third-order valence-electron chi connectivity index (χ3n) is 5.10. The fraction of sp³-hybridized carbons (Fsp3) is 0.333. The van der Waals surface area contributed by atoms with Crippen LogP contribution < -0.4 is 16.4 Å². The van der Waals surface area contributed by atoms with Gasteiger partial charge in [0.15, 0.2) is 0 Å². The average Bonchev–Trinajstić information content (AvgIpc) is 2.80. The van der Waals surface area contributed by atoms with E-state index >= 15 is 0 Å². The van der Waals surface area contributed by atoms with Gasteiger partial charge < -0.3 is 21.5 Å². The SMILES string of the molecule is NCC1CCN(S(=O)(=O)c2ccc(NC(=O)NCc3cc(F)ccc3F)cc2)CC1.O=CO. The van der Waals surface area contributed by atoms with Crippen molar-refractivity contribution < 1.29 is 31.9 Å². The molecule has 0 bridgehead atoms. The Morgan fingerprint density at radius 3 is 2.33 bits per heavy atom. The zero-order valence-electron chi connectivity index (χ0n) is 17.7. The van der Waals surface area contributed by atoms with Crippen LogP contribution in [0, 0.1) is 17.6 Å². The molecule has 0 aliphatic carbocycles. The molecule has 1 fully saturated rings. The Morgan fingerprint density at radius 1 is 1.15 bits per heavy atom. The Bertz CT molecular complexity index is 1040. The number of carboxylic acid groups (broad SMARTS) is 1. The van der Waals surface area contributed by atoms with E-state index in [9.17, 15) is 22.0 Å². The Labute approximate surface area is 190 Å². The van der Waals surface area contributed by atoms with Crippen molar-refractivity contribution in [1.29, 1.82) is 0 Å². The van der Waals surface area contributed by atoms with Crippen LogP contribution in [-0.2, 0) is 21.4 Å². The second-order valence-electron chi connectivity index (χ2n) is 7.26. The van der Waals surface area contributed by atoms with Gasteiger partial charge in [-0.15, -0.1) is 0 Å².